The van der Waals surface area contributed by atoms with E-state index in [-0.39, 0.29) is 49.5 Å². The van der Waals surface area contributed by atoms with Crippen LogP contribution in [0, 0.1) is 0 Å². The molecule has 1 aliphatic rings. The first-order valence-corrected chi connectivity index (χ1v) is 26.1. The van der Waals surface area contributed by atoms with E-state index in [9.17, 15) is 54.0 Å². The fourth-order valence-corrected chi connectivity index (χ4v) is 10.1. The van der Waals surface area contributed by atoms with Gasteiger partial charge in [-0.25, -0.2) is 0 Å². The Morgan fingerprint density at radius 2 is 1.36 bits per heavy atom. The topological polar surface area (TPSA) is 352 Å². The van der Waals surface area contributed by atoms with Gasteiger partial charge in [-0.3, -0.25) is 33.6 Å². The second-order valence-corrected chi connectivity index (χ2v) is 20.2. The number of carbonyl (C=O) groups excluding carboxylic acids is 7. The number of hydrogen-bond donors (Lipinski definition) is 14. The van der Waals surface area contributed by atoms with E-state index in [2.05, 4.69) is 42.2 Å². The third-order valence-corrected chi connectivity index (χ3v) is 14.4. The smallest absolute Gasteiger partial charge is 0.245 e. The predicted molar refractivity (Wildman–Crippen MR) is 274 cm³/mol. The van der Waals surface area contributed by atoms with Crippen molar-refractivity contribution in [3.05, 3.63) is 102 Å². The molecule has 390 valence electrons. The van der Waals surface area contributed by atoms with E-state index in [4.69, 9.17) is 11.5 Å². The van der Waals surface area contributed by atoms with Crippen LogP contribution in [0.2, 0.25) is 0 Å². The lowest BCUT2D eigenvalue weighted by atomic mass is 10.0. The molecule has 3 aromatic carbocycles. The predicted octanol–water partition coefficient (Wildman–Crippen LogP) is -1.10. The number of para-hydroxylation sites is 1. The van der Waals surface area contributed by atoms with E-state index >= 15 is 0 Å². The summed E-state index contributed by atoms with van der Waals surface area (Å²) in [5.41, 5.74) is 14.8. The minimum absolute atomic E-state index is 0.0130. The zero-order valence-corrected chi connectivity index (χ0v) is 41.7. The van der Waals surface area contributed by atoms with Crippen LogP contribution in [0.15, 0.2) is 85.1 Å². The largest absolute Gasteiger partial charge is 0.508 e. The number of nitrogens with two attached hydrogens (primary N) is 2. The zero-order chi connectivity index (χ0) is 52.3. The second-order valence-electron chi connectivity index (χ2n) is 17.7. The van der Waals surface area contributed by atoms with Crippen LogP contribution >= 0.6 is 21.6 Å². The summed E-state index contributed by atoms with van der Waals surface area (Å²) in [6.45, 7) is 2.18. The number of unbranched alkanes of at least 4 members (excludes halogenated alkanes) is 1. The number of hydrogen-bond acceptors (Lipinski definition) is 15. The summed E-state index contributed by atoms with van der Waals surface area (Å²) in [6.07, 6.45) is -0.426. The van der Waals surface area contributed by atoms with Crippen molar-refractivity contribution < 1.29 is 54.0 Å². The van der Waals surface area contributed by atoms with Crippen molar-refractivity contribution in [2.24, 2.45) is 11.5 Å². The van der Waals surface area contributed by atoms with Crippen LogP contribution in [-0.4, -0.2) is 152 Å². The number of nitrogens with one attached hydrogen (secondary N) is 8. The van der Waals surface area contributed by atoms with E-state index < -0.39 is 108 Å². The number of fused-ring (bicyclic) bond motifs is 1. The molecule has 1 saturated heterocycles. The number of carbonyl (C=O) groups is 7. The van der Waals surface area contributed by atoms with Gasteiger partial charge < -0.3 is 74.1 Å². The summed E-state index contributed by atoms with van der Waals surface area (Å²) in [7, 11) is 2.01. The fraction of sp³-hybridized carbons (Fsp3) is 0.449. The normalized spacial score (nSPS) is 22.7. The number of aliphatic hydroxyl groups excluding tert-OH is 3. The van der Waals surface area contributed by atoms with Gasteiger partial charge >= 0.3 is 0 Å². The molecule has 0 radical (unpaired) electrons. The van der Waals surface area contributed by atoms with E-state index in [0.717, 1.165) is 38.1 Å². The first-order valence-electron chi connectivity index (χ1n) is 23.6. The van der Waals surface area contributed by atoms with Gasteiger partial charge in [-0.15, -0.1) is 0 Å². The second kappa shape index (κ2) is 28.1. The Labute approximate surface area is 424 Å². The first-order chi connectivity index (χ1) is 34.5. The molecule has 23 heteroatoms. The molecule has 1 aliphatic heterocycles. The SMILES string of the molecule is C[C@H](O)[C@@H](CO)NC(=O)[C@@H]1CSSC[C@H](NC(=O)[C@H](N)Cc2ccccc2)C(=O)N[C@@H](Cc2ccc(O)cc2)C(=O)N[C@H](Cc2c[nH]c3ccccc23)C(=O)N[C@@H](CCCCN)C(=O)N[C@@H]([C@@H](C)O)C(=O)N1. The highest BCUT2D eigenvalue weighted by molar-refractivity contribution is 8.76. The van der Waals surface area contributed by atoms with Crippen molar-refractivity contribution in [2.45, 2.75) is 113 Å². The molecule has 0 spiro atoms. The Hall–Kier alpha value is -6.21. The summed E-state index contributed by atoms with van der Waals surface area (Å²) < 4.78 is 0. The van der Waals surface area contributed by atoms with Gasteiger partial charge in [0.1, 0.15) is 42.0 Å². The van der Waals surface area contributed by atoms with Gasteiger partial charge in [-0.2, -0.15) is 0 Å². The highest BCUT2D eigenvalue weighted by Gasteiger charge is 2.36. The third-order valence-electron chi connectivity index (χ3n) is 11.9. The number of phenols is 1. The molecule has 2 heterocycles. The summed E-state index contributed by atoms with van der Waals surface area (Å²) in [5.74, 6) is -6.33. The monoisotopic (exact) mass is 1030 g/mol. The lowest BCUT2D eigenvalue weighted by Gasteiger charge is -2.29. The molecular weight excluding hydrogens is 969 g/mol. The number of aromatic nitrogens is 1. The van der Waals surface area contributed by atoms with Crippen molar-refractivity contribution in [2.75, 3.05) is 24.7 Å². The average Bonchev–Trinajstić information content (AvgIpc) is 3.77. The highest BCUT2D eigenvalue weighted by atomic mass is 33.1. The summed E-state index contributed by atoms with van der Waals surface area (Å²) in [4.78, 5) is 103. The van der Waals surface area contributed by atoms with E-state index in [1.807, 2.05) is 24.3 Å². The number of H-pyrrole nitrogens is 1. The van der Waals surface area contributed by atoms with Gasteiger partial charge in [0.2, 0.25) is 41.4 Å². The molecule has 72 heavy (non-hydrogen) atoms. The standard InChI is InChI=1S/C49H66N10O11S2/c1-27(61)39(24-60)56-48(69)41-26-72-71-25-40(57-43(64)34(51)20-29-10-4-3-5-11-29)47(68)54-37(21-30-15-17-32(63)18-16-30)45(66)55-38(22-31-23-52-35-13-7-6-12-33(31)35)46(67)53-36(14-8-9-19-50)44(65)59-42(28(2)62)49(70)58-41/h3-7,10-13,15-18,23,27-28,34,36-42,52,60-63H,8-9,14,19-22,24-26,50-51H2,1-2H3,(H,53,67)(H,54,68)(H,55,66)(H,56,69)(H,57,64)(H,58,70)(H,59,65)/t27-,28+,34+,36-,37-,38+,39+,40-,41-,42-/m0/s1. The first kappa shape index (κ1) is 56.7. The van der Waals surface area contributed by atoms with Crippen LogP contribution in [-0.2, 0) is 52.8 Å². The van der Waals surface area contributed by atoms with Gasteiger partial charge in [-0.05, 0) is 81.0 Å². The maximum atomic E-state index is 14.7. The lowest BCUT2D eigenvalue weighted by molar-refractivity contribution is -0.136. The van der Waals surface area contributed by atoms with Crippen LogP contribution in [0.25, 0.3) is 10.9 Å². The summed E-state index contributed by atoms with van der Waals surface area (Å²) >= 11 is 0. The number of aliphatic hydroxyl groups is 3. The van der Waals surface area contributed by atoms with E-state index in [1.54, 1.807) is 48.7 Å². The molecule has 4 aromatic rings. The van der Waals surface area contributed by atoms with Gasteiger partial charge in [0.15, 0.2) is 0 Å². The van der Waals surface area contributed by atoms with Crippen molar-refractivity contribution >= 4 is 73.8 Å². The minimum Gasteiger partial charge on any atom is -0.508 e. The molecular formula is C49H66N10O11S2. The molecule has 16 N–H and O–H groups in total. The van der Waals surface area contributed by atoms with Gasteiger partial charge in [-0.1, -0.05) is 82.3 Å². The summed E-state index contributed by atoms with van der Waals surface area (Å²) in [6, 6.07) is 11.3. The van der Waals surface area contributed by atoms with Crippen LogP contribution in [0.5, 0.6) is 5.75 Å². The van der Waals surface area contributed by atoms with Crippen LogP contribution in [0.3, 0.4) is 0 Å². The number of rotatable bonds is 17. The molecule has 21 nitrogen and oxygen atoms in total. The number of aromatic hydroxyl groups is 1. The molecule has 0 bridgehead atoms. The Balaban J connectivity index is 1.57. The number of phenolic OH excluding ortho intramolecular Hbond substituents is 1. The quantitative estimate of drug-likeness (QED) is 0.0441. The molecule has 5 rings (SSSR count). The third kappa shape index (κ3) is 17.0. The number of aromatic amines is 1. The maximum Gasteiger partial charge on any atom is 0.245 e. The summed E-state index contributed by atoms with van der Waals surface area (Å²) in [5, 5.41) is 60.4. The van der Waals surface area contributed by atoms with Crippen molar-refractivity contribution in [1.29, 1.82) is 0 Å². The van der Waals surface area contributed by atoms with E-state index in [0.29, 0.717) is 24.0 Å². The zero-order valence-electron chi connectivity index (χ0n) is 40.0. The van der Waals surface area contributed by atoms with Crippen LogP contribution in [0.4, 0.5) is 0 Å². The Morgan fingerprint density at radius 3 is 2.03 bits per heavy atom. The van der Waals surface area contributed by atoms with Crippen LogP contribution < -0.4 is 48.7 Å². The molecule has 1 fully saturated rings. The average molecular weight is 1040 g/mol. The van der Waals surface area contributed by atoms with Crippen LogP contribution in [0.1, 0.15) is 49.8 Å². The van der Waals surface area contributed by atoms with Gasteiger partial charge in [0.25, 0.3) is 0 Å². The number of amides is 7. The molecule has 10 atom stereocenters. The van der Waals surface area contributed by atoms with Crippen molar-refractivity contribution in [3.63, 3.8) is 0 Å². The Bertz CT molecular complexity index is 2450. The maximum absolute atomic E-state index is 14.7. The lowest BCUT2D eigenvalue weighted by Crippen LogP contribution is -2.62. The fourth-order valence-electron chi connectivity index (χ4n) is 7.75. The van der Waals surface area contributed by atoms with E-state index in [1.165, 1.54) is 26.0 Å². The Morgan fingerprint density at radius 1 is 0.736 bits per heavy atom. The minimum atomic E-state index is -1.68. The van der Waals surface area contributed by atoms with Crippen molar-refractivity contribution in [3.8, 4) is 5.75 Å². The molecule has 1 aromatic heterocycles. The highest BCUT2D eigenvalue weighted by Crippen LogP contribution is 2.24. The number of benzene rings is 3. The molecule has 0 saturated carbocycles. The van der Waals surface area contributed by atoms with Gasteiger partial charge in [0.05, 0.1) is 30.9 Å². The molecule has 7 amide bonds. The molecule has 0 aliphatic carbocycles. The van der Waals surface area contributed by atoms with Crippen molar-refractivity contribution in [1.82, 2.24) is 42.2 Å². The van der Waals surface area contributed by atoms with Gasteiger partial charge in [0, 0.05) is 41.4 Å². The Kier molecular flexibility index (Phi) is 22.2. The molecule has 0 unspecified atom stereocenters.